The predicted octanol–water partition coefficient (Wildman–Crippen LogP) is 2.11. The highest BCUT2D eigenvalue weighted by Crippen LogP contribution is 2.39. The monoisotopic (exact) mass is 296 g/mol. The summed E-state index contributed by atoms with van der Waals surface area (Å²) in [5, 5.41) is 6.60. The highest BCUT2D eigenvalue weighted by molar-refractivity contribution is 6.32. The Morgan fingerprint density at radius 3 is 2.95 bits per heavy atom. The van der Waals surface area contributed by atoms with Crippen LogP contribution in [0.3, 0.4) is 0 Å². The van der Waals surface area contributed by atoms with E-state index in [1.54, 1.807) is 12.1 Å². The SMILES string of the molecule is CCCNC1C(=O)Nc2cc(OC3COC3)c(Cl)cc21. The van der Waals surface area contributed by atoms with Crippen LogP contribution in [0.25, 0.3) is 0 Å². The third-order valence-electron chi connectivity index (χ3n) is 3.43. The van der Waals surface area contributed by atoms with Crippen LogP contribution in [0, 0.1) is 0 Å². The molecule has 0 aromatic heterocycles. The number of amides is 1. The number of rotatable bonds is 5. The first-order valence-electron chi connectivity index (χ1n) is 6.81. The predicted molar refractivity (Wildman–Crippen MR) is 76.4 cm³/mol. The number of hydrogen-bond acceptors (Lipinski definition) is 4. The lowest BCUT2D eigenvalue weighted by Gasteiger charge is -2.27. The number of hydrogen-bond donors (Lipinski definition) is 2. The second-order valence-electron chi connectivity index (χ2n) is 5.02. The van der Waals surface area contributed by atoms with Crippen LogP contribution in [0.4, 0.5) is 5.69 Å². The first-order valence-corrected chi connectivity index (χ1v) is 7.19. The van der Waals surface area contributed by atoms with Crippen molar-refractivity contribution in [3.05, 3.63) is 22.7 Å². The summed E-state index contributed by atoms with van der Waals surface area (Å²) in [7, 11) is 0. The van der Waals surface area contributed by atoms with Crippen LogP contribution in [0.15, 0.2) is 12.1 Å². The molecule has 5 nitrogen and oxygen atoms in total. The Kier molecular flexibility index (Phi) is 3.83. The molecule has 3 rings (SSSR count). The Morgan fingerprint density at radius 1 is 1.50 bits per heavy atom. The molecule has 20 heavy (non-hydrogen) atoms. The van der Waals surface area contributed by atoms with Crippen LogP contribution in [-0.4, -0.2) is 31.8 Å². The molecule has 1 atom stereocenters. The summed E-state index contributed by atoms with van der Waals surface area (Å²) in [6.45, 7) is 4.01. The van der Waals surface area contributed by atoms with Crippen molar-refractivity contribution in [2.24, 2.45) is 0 Å². The normalized spacial score (nSPS) is 21.3. The molecular weight excluding hydrogens is 280 g/mol. The van der Waals surface area contributed by atoms with Crippen molar-refractivity contribution in [1.82, 2.24) is 5.32 Å². The average Bonchev–Trinajstić information content (AvgIpc) is 2.66. The third kappa shape index (κ3) is 2.49. The van der Waals surface area contributed by atoms with Crippen LogP contribution in [0.2, 0.25) is 5.02 Å². The minimum atomic E-state index is -0.330. The van der Waals surface area contributed by atoms with Gasteiger partial charge in [0.2, 0.25) is 5.91 Å². The Hall–Kier alpha value is -1.30. The summed E-state index contributed by atoms with van der Waals surface area (Å²) in [4.78, 5) is 12.0. The lowest BCUT2D eigenvalue weighted by atomic mass is 10.1. The van der Waals surface area contributed by atoms with Gasteiger partial charge in [0.1, 0.15) is 17.9 Å². The van der Waals surface area contributed by atoms with Crippen molar-refractivity contribution in [3.63, 3.8) is 0 Å². The number of fused-ring (bicyclic) bond motifs is 1. The Labute approximate surface area is 122 Å². The molecule has 1 fully saturated rings. The van der Waals surface area contributed by atoms with Crippen LogP contribution in [-0.2, 0) is 9.53 Å². The fourth-order valence-electron chi connectivity index (χ4n) is 2.31. The number of halogens is 1. The van der Waals surface area contributed by atoms with Crippen molar-refractivity contribution in [2.75, 3.05) is 25.1 Å². The van der Waals surface area contributed by atoms with E-state index in [9.17, 15) is 4.79 Å². The van der Waals surface area contributed by atoms with Crippen molar-refractivity contribution < 1.29 is 14.3 Å². The average molecular weight is 297 g/mol. The van der Waals surface area contributed by atoms with E-state index < -0.39 is 0 Å². The van der Waals surface area contributed by atoms with Gasteiger partial charge >= 0.3 is 0 Å². The number of carbonyl (C=O) groups is 1. The Bertz CT molecular complexity index is 531. The molecule has 1 aromatic carbocycles. The summed E-state index contributed by atoms with van der Waals surface area (Å²) in [5.74, 6) is 0.545. The van der Waals surface area contributed by atoms with E-state index in [0.717, 1.165) is 24.2 Å². The quantitative estimate of drug-likeness (QED) is 0.874. The first-order chi connectivity index (χ1) is 9.69. The van der Waals surface area contributed by atoms with Crippen molar-refractivity contribution in [2.45, 2.75) is 25.5 Å². The maximum atomic E-state index is 12.0. The molecule has 108 valence electrons. The van der Waals surface area contributed by atoms with Gasteiger partial charge in [-0.1, -0.05) is 18.5 Å². The minimum absolute atomic E-state index is 0.0476. The van der Waals surface area contributed by atoms with Crippen molar-refractivity contribution in [3.8, 4) is 5.75 Å². The second kappa shape index (κ2) is 5.60. The topological polar surface area (TPSA) is 59.6 Å². The van der Waals surface area contributed by atoms with Gasteiger partial charge < -0.3 is 20.1 Å². The van der Waals surface area contributed by atoms with E-state index in [0.29, 0.717) is 24.0 Å². The number of benzene rings is 1. The van der Waals surface area contributed by atoms with Gasteiger partial charge in [0.05, 0.1) is 18.2 Å². The molecule has 1 saturated heterocycles. The lowest BCUT2D eigenvalue weighted by Crippen LogP contribution is -2.38. The van der Waals surface area contributed by atoms with Gasteiger partial charge in [-0.05, 0) is 19.0 Å². The van der Waals surface area contributed by atoms with Gasteiger partial charge in [0.25, 0.3) is 0 Å². The van der Waals surface area contributed by atoms with E-state index in [2.05, 4.69) is 17.6 Å². The summed E-state index contributed by atoms with van der Waals surface area (Å²) in [5.41, 5.74) is 1.65. The summed E-state index contributed by atoms with van der Waals surface area (Å²) in [6.07, 6.45) is 1.02. The van der Waals surface area contributed by atoms with E-state index >= 15 is 0 Å². The fraction of sp³-hybridized carbons (Fsp3) is 0.500. The molecule has 2 heterocycles. The molecule has 0 bridgehead atoms. The van der Waals surface area contributed by atoms with Crippen LogP contribution in [0.1, 0.15) is 24.9 Å². The molecule has 1 aromatic rings. The summed E-state index contributed by atoms with van der Waals surface area (Å²) in [6, 6.07) is 3.27. The molecule has 1 unspecified atom stereocenters. The lowest BCUT2D eigenvalue weighted by molar-refractivity contribution is -0.117. The fourth-order valence-corrected chi connectivity index (χ4v) is 2.52. The summed E-state index contributed by atoms with van der Waals surface area (Å²) < 4.78 is 10.8. The van der Waals surface area contributed by atoms with Crippen LogP contribution < -0.4 is 15.4 Å². The molecule has 0 saturated carbocycles. The molecule has 2 N–H and O–H groups in total. The van der Waals surface area contributed by atoms with Crippen molar-refractivity contribution in [1.29, 1.82) is 0 Å². The largest absolute Gasteiger partial charge is 0.484 e. The van der Waals surface area contributed by atoms with Gasteiger partial charge in [0, 0.05) is 17.3 Å². The van der Waals surface area contributed by atoms with Gasteiger partial charge in [-0.2, -0.15) is 0 Å². The molecular formula is C14H17ClN2O3. The van der Waals surface area contributed by atoms with Gasteiger partial charge in [-0.15, -0.1) is 0 Å². The van der Waals surface area contributed by atoms with Gasteiger partial charge in [-0.25, -0.2) is 0 Å². The van der Waals surface area contributed by atoms with E-state index in [4.69, 9.17) is 21.1 Å². The summed E-state index contributed by atoms with van der Waals surface area (Å²) >= 11 is 6.25. The second-order valence-corrected chi connectivity index (χ2v) is 5.43. The van der Waals surface area contributed by atoms with Crippen molar-refractivity contribution >= 4 is 23.2 Å². The highest BCUT2D eigenvalue weighted by Gasteiger charge is 2.32. The molecule has 6 heteroatoms. The highest BCUT2D eigenvalue weighted by atomic mass is 35.5. The van der Waals surface area contributed by atoms with E-state index in [1.165, 1.54) is 0 Å². The zero-order valence-corrected chi connectivity index (χ0v) is 12.0. The molecule has 0 radical (unpaired) electrons. The van der Waals surface area contributed by atoms with Crippen LogP contribution >= 0.6 is 11.6 Å². The third-order valence-corrected chi connectivity index (χ3v) is 3.73. The Balaban J connectivity index is 1.82. The van der Waals surface area contributed by atoms with Gasteiger partial charge in [0.15, 0.2) is 0 Å². The molecule has 1 amide bonds. The molecule has 0 spiro atoms. The van der Waals surface area contributed by atoms with Gasteiger partial charge in [-0.3, -0.25) is 4.79 Å². The maximum Gasteiger partial charge on any atom is 0.246 e. The number of ether oxygens (including phenoxy) is 2. The standard InChI is InChI=1S/C14H17ClN2O3/c1-2-3-16-13-9-4-10(15)12(20-8-6-19-7-8)5-11(9)17-14(13)18/h4-5,8,13,16H,2-3,6-7H2,1H3,(H,17,18). The zero-order valence-electron chi connectivity index (χ0n) is 11.2. The van der Waals surface area contributed by atoms with E-state index in [1.807, 2.05) is 0 Å². The maximum absolute atomic E-state index is 12.0. The number of carbonyl (C=O) groups excluding carboxylic acids is 1. The Morgan fingerprint density at radius 2 is 2.30 bits per heavy atom. The van der Waals surface area contributed by atoms with Crippen LogP contribution in [0.5, 0.6) is 5.75 Å². The minimum Gasteiger partial charge on any atom is -0.484 e. The molecule has 2 aliphatic heterocycles. The zero-order chi connectivity index (χ0) is 14.1. The van der Waals surface area contributed by atoms with E-state index in [-0.39, 0.29) is 18.1 Å². The first kappa shape index (κ1) is 13.7. The molecule has 2 aliphatic rings. The molecule has 0 aliphatic carbocycles. The number of nitrogens with one attached hydrogen (secondary N) is 2. The smallest absolute Gasteiger partial charge is 0.246 e. The number of anilines is 1.